The number of anilines is 3. The first-order valence-corrected chi connectivity index (χ1v) is 9.23. The second-order valence-corrected chi connectivity index (χ2v) is 6.81. The van der Waals surface area contributed by atoms with Crippen molar-refractivity contribution >= 4 is 29.6 Å². The lowest BCUT2D eigenvalue weighted by Gasteiger charge is -2.32. The van der Waals surface area contributed by atoms with Crippen molar-refractivity contribution in [1.29, 1.82) is 0 Å². The van der Waals surface area contributed by atoms with Crippen LogP contribution in [0.4, 0.5) is 17.5 Å². The highest BCUT2D eigenvalue weighted by molar-refractivity contribution is 6.03. The van der Waals surface area contributed by atoms with Crippen LogP contribution in [0.2, 0.25) is 0 Å². The molecule has 2 aromatic heterocycles. The predicted octanol–water partition coefficient (Wildman–Crippen LogP) is 1.19. The average Bonchev–Trinajstić information content (AvgIpc) is 2.71. The summed E-state index contributed by atoms with van der Waals surface area (Å²) in [6.07, 6.45) is 6.70. The molecule has 1 atom stereocenters. The molecule has 29 heavy (non-hydrogen) atoms. The van der Waals surface area contributed by atoms with Crippen molar-refractivity contribution in [2.75, 3.05) is 29.1 Å². The molecule has 0 bridgehead atoms. The van der Waals surface area contributed by atoms with Crippen LogP contribution in [-0.2, 0) is 11.3 Å². The highest BCUT2D eigenvalue weighted by atomic mass is 16.2. The number of likely N-dealkylation sites (N-methyl/N-ethyl adjacent to an activating group) is 1. The smallest absolute Gasteiger partial charge is 0.246 e. The van der Waals surface area contributed by atoms with Crippen LogP contribution in [0, 0.1) is 13.8 Å². The van der Waals surface area contributed by atoms with Crippen LogP contribution in [0.25, 0.3) is 0 Å². The quantitative estimate of drug-likeness (QED) is 0.621. The minimum atomic E-state index is -0.304. The maximum Gasteiger partial charge on any atom is 0.246 e. The highest BCUT2D eigenvalue weighted by Crippen LogP contribution is 2.31. The van der Waals surface area contributed by atoms with E-state index in [1.54, 1.807) is 18.6 Å². The molecule has 1 amide bonds. The summed E-state index contributed by atoms with van der Waals surface area (Å²) in [5.41, 5.74) is 8.75. The van der Waals surface area contributed by atoms with E-state index < -0.39 is 0 Å². The van der Waals surface area contributed by atoms with Crippen molar-refractivity contribution in [2.24, 2.45) is 10.7 Å². The molecule has 1 aliphatic heterocycles. The number of nitrogens with zero attached hydrogens (tertiary/aromatic N) is 6. The number of rotatable bonds is 6. The molecule has 0 radical (unpaired) electrons. The fourth-order valence-electron chi connectivity index (χ4n) is 2.72. The summed E-state index contributed by atoms with van der Waals surface area (Å²) >= 11 is 0. The van der Waals surface area contributed by atoms with Gasteiger partial charge in [-0.2, -0.15) is 4.98 Å². The van der Waals surface area contributed by atoms with Gasteiger partial charge in [-0.05, 0) is 20.8 Å². The van der Waals surface area contributed by atoms with Crippen LogP contribution in [0.3, 0.4) is 0 Å². The molecule has 0 aliphatic carbocycles. The lowest BCUT2D eigenvalue weighted by atomic mass is 10.2. The monoisotopic (exact) mass is 395 g/mol. The van der Waals surface area contributed by atoms with E-state index in [1.165, 1.54) is 6.20 Å². The van der Waals surface area contributed by atoms with Gasteiger partial charge in [0.2, 0.25) is 11.9 Å². The molecule has 10 nitrogen and oxygen atoms in total. The number of carbonyl (C=O) groups is 1. The third-order valence-corrected chi connectivity index (χ3v) is 4.64. The van der Waals surface area contributed by atoms with Crippen molar-refractivity contribution < 1.29 is 4.79 Å². The number of hydrogen-bond donors (Lipinski definition) is 3. The third kappa shape index (κ3) is 4.65. The van der Waals surface area contributed by atoms with Crippen molar-refractivity contribution in [2.45, 2.75) is 33.4 Å². The van der Waals surface area contributed by atoms with Crippen molar-refractivity contribution in [3.8, 4) is 0 Å². The van der Waals surface area contributed by atoms with Gasteiger partial charge < -0.3 is 21.3 Å². The molecular formula is C19H25N9O. The van der Waals surface area contributed by atoms with Crippen LogP contribution < -0.4 is 21.3 Å². The zero-order valence-corrected chi connectivity index (χ0v) is 17.0. The normalized spacial score (nSPS) is 16.7. The summed E-state index contributed by atoms with van der Waals surface area (Å²) in [5.74, 6) is 1.79. The second kappa shape index (κ2) is 8.63. The Balaban J connectivity index is 1.65. The predicted molar refractivity (Wildman–Crippen MR) is 113 cm³/mol. The van der Waals surface area contributed by atoms with Gasteiger partial charge in [0.1, 0.15) is 17.6 Å². The van der Waals surface area contributed by atoms with E-state index in [0.29, 0.717) is 36.2 Å². The molecule has 3 rings (SSSR count). The summed E-state index contributed by atoms with van der Waals surface area (Å²) in [4.78, 5) is 35.5. The van der Waals surface area contributed by atoms with E-state index in [4.69, 9.17) is 5.73 Å². The van der Waals surface area contributed by atoms with Crippen molar-refractivity contribution in [1.82, 2.24) is 19.9 Å². The summed E-state index contributed by atoms with van der Waals surface area (Å²) in [5, 5.41) is 6.03. The highest BCUT2D eigenvalue weighted by Gasteiger charge is 2.30. The second-order valence-electron chi connectivity index (χ2n) is 6.81. The summed E-state index contributed by atoms with van der Waals surface area (Å²) in [6, 6.07) is -0.304. The number of amides is 1. The third-order valence-electron chi connectivity index (χ3n) is 4.64. The molecule has 0 saturated carbocycles. The number of aryl methyl sites for hydroxylation is 2. The van der Waals surface area contributed by atoms with Crippen LogP contribution in [0.15, 0.2) is 29.2 Å². The van der Waals surface area contributed by atoms with Crippen molar-refractivity contribution in [3.05, 3.63) is 41.2 Å². The Bertz CT molecular complexity index is 953. The number of nitrogens with two attached hydrogens (primary N) is 1. The molecule has 0 fully saturated rings. The molecule has 0 aromatic carbocycles. The van der Waals surface area contributed by atoms with E-state index >= 15 is 0 Å². The Kier molecular flexibility index (Phi) is 6.01. The van der Waals surface area contributed by atoms with Crippen LogP contribution in [-0.4, -0.2) is 51.7 Å². The Morgan fingerprint density at radius 1 is 1.34 bits per heavy atom. The molecule has 0 unspecified atom stereocenters. The maximum absolute atomic E-state index is 12.0. The summed E-state index contributed by atoms with van der Waals surface area (Å²) in [7, 11) is 1.84. The minimum Gasteiger partial charge on any atom is -0.404 e. The lowest BCUT2D eigenvalue weighted by molar-refractivity contribution is -0.117. The first-order chi connectivity index (χ1) is 13.9. The molecule has 3 heterocycles. The number of aromatic nitrogens is 4. The zero-order chi connectivity index (χ0) is 21.0. The van der Waals surface area contributed by atoms with Gasteiger partial charge in [0.15, 0.2) is 5.82 Å². The fourth-order valence-corrected chi connectivity index (χ4v) is 2.72. The van der Waals surface area contributed by atoms with Gasteiger partial charge in [0, 0.05) is 49.5 Å². The van der Waals surface area contributed by atoms with Gasteiger partial charge in [-0.1, -0.05) is 0 Å². The van der Waals surface area contributed by atoms with E-state index in [1.807, 2.05) is 32.7 Å². The van der Waals surface area contributed by atoms with Gasteiger partial charge in [0.05, 0.1) is 12.2 Å². The number of carbonyl (C=O) groups excluding carboxylic acids is 1. The van der Waals surface area contributed by atoms with Crippen molar-refractivity contribution in [3.63, 3.8) is 0 Å². The lowest BCUT2D eigenvalue weighted by Crippen LogP contribution is -2.44. The Morgan fingerprint density at radius 3 is 2.76 bits per heavy atom. The molecule has 152 valence electrons. The SMILES string of the molecule is Cc1ncc(CN=CC(=CN)CNc2nc(C)c3c(n2)N(C)[C@@H](C)C(=O)N3)cn1. The molecular weight excluding hydrogens is 370 g/mol. The Hall–Kier alpha value is -3.56. The van der Waals surface area contributed by atoms with Gasteiger partial charge >= 0.3 is 0 Å². The average molecular weight is 395 g/mol. The van der Waals surface area contributed by atoms with E-state index in [0.717, 1.165) is 17.0 Å². The number of hydrogen-bond acceptors (Lipinski definition) is 9. The summed E-state index contributed by atoms with van der Waals surface area (Å²) < 4.78 is 0. The van der Waals surface area contributed by atoms with Crippen LogP contribution >= 0.6 is 0 Å². The molecule has 10 heteroatoms. The van der Waals surface area contributed by atoms with E-state index in [2.05, 4.69) is 35.6 Å². The molecule has 2 aromatic rings. The van der Waals surface area contributed by atoms with Gasteiger partial charge in [-0.15, -0.1) is 0 Å². The van der Waals surface area contributed by atoms with Gasteiger partial charge in [-0.3, -0.25) is 9.79 Å². The standard InChI is InChI=1S/C19H25N9O/c1-11-16-17(28(4)12(2)18(29)26-16)27-19(25-11)24-8-14(5-20)6-21-7-15-9-22-13(3)23-10-15/h5-6,9-10,12H,7-8,20H2,1-4H3,(H,26,29)(H,24,25,27)/t12-/m0/s1. The number of aliphatic imine (C=N–C) groups is 1. The largest absolute Gasteiger partial charge is 0.404 e. The topological polar surface area (TPSA) is 134 Å². The number of fused-ring (bicyclic) bond motifs is 1. The first kappa shape index (κ1) is 20.2. The molecule has 0 saturated heterocycles. The number of nitrogens with one attached hydrogen (secondary N) is 2. The van der Waals surface area contributed by atoms with E-state index in [9.17, 15) is 4.79 Å². The Labute approximate surface area is 169 Å². The Morgan fingerprint density at radius 2 is 2.07 bits per heavy atom. The summed E-state index contributed by atoms with van der Waals surface area (Å²) in [6.45, 7) is 6.38. The molecule has 4 N–H and O–H groups in total. The zero-order valence-electron chi connectivity index (χ0n) is 17.0. The van der Waals surface area contributed by atoms with Crippen LogP contribution in [0.1, 0.15) is 24.0 Å². The molecule has 1 aliphatic rings. The molecule has 0 spiro atoms. The van der Waals surface area contributed by atoms with Gasteiger partial charge in [0.25, 0.3) is 0 Å². The van der Waals surface area contributed by atoms with E-state index in [-0.39, 0.29) is 11.9 Å². The first-order valence-electron chi connectivity index (χ1n) is 9.23. The maximum atomic E-state index is 12.0. The minimum absolute atomic E-state index is 0.0732. The fraction of sp³-hybridized carbons (Fsp3) is 0.368. The van der Waals surface area contributed by atoms with Gasteiger partial charge in [-0.25, -0.2) is 15.0 Å². The van der Waals surface area contributed by atoms with Crippen LogP contribution in [0.5, 0.6) is 0 Å².